The second-order valence-electron chi connectivity index (χ2n) is 6.30. The Morgan fingerprint density at radius 1 is 1.24 bits per heavy atom. The third-order valence-electron chi connectivity index (χ3n) is 4.33. The van der Waals surface area contributed by atoms with Gasteiger partial charge in [0.25, 0.3) is 10.0 Å². The highest BCUT2D eigenvalue weighted by Crippen LogP contribution is 2.34. The Morgan fingerprint density at radius 2 is 1.96 bits per heavy atom. The minimum absolute atomic E-state index is 0.0348. The van der Waals surface area contributed by atoms with Crippen LogP contribution in [0.3, 0.4) is 0 Å². The van der Waals surface area contributed by atoms with Gasteiger partial charge in [0.05, 0.1) is 4.90 Å². The number of sulfonamides is 1. The average Bonchev–Trinajstić information content (AvgIpc) is 2.85. The topological polar surface area (TPSA) is 66.5 Å². The fourth-order valence-corrected chi connectivity index (χ4v) is 4.52. The van der Waals surface area contributed by atoms with E-state index < -0.39 is 10.0 Å². The highest BCUT2D eigenvalue weighted by molar-refractivity contribution is 9.10. The molecule has 25 heavy (non-hydrogen) atoms. The van der Waals surface area contributed by atoms with Crippen LogP contribution >= 0.6 is 15.9 Å². The van der Waals surface area contributed by atoms with Gasteiger partial charge in [-0.15, -0.1) is 0 Å². The summed E-state index contributed by atoms with van der Waals surface area (Å²) in [4.78, 5) is 13.7. The van der Waals surface area contributed by atoms with E-state index in [0.29, 0.717) is 12.1 Å². The first-order chi connectivity index (χ1) is 11.7. The molecule has 3 rings (SSSR count). The number of halogens is 1. The summed E-state index contributed by atoms with van der Waals surface area (Å²) in [6.07, 6.45) is 0.648. The summed E-state index contributed by atoms with van der Waals surface area (Å²) < 4.78 is 28.9. The Hall–Kier alpha value is -1.86. The summed E-state index contributed by atoms with van der Waals surface area (Å²) >= 11 is 3.40. The SMILES string of the molecule is CC(=O)N1c2ccc(S(=O)(=O)Nc3ccc(Br)c(C)c3)cc2C[C@H]1C. The van der Waals surface area contributed by atoms with Gasteiger partial charge in [0.1, 0.15) is 0 Å². The lowest BCUT2D eigenvalue weighted by Crippen LogP contribution is -2.33. The van der Waals surface area contributed by atoms with E-state index in [1.54, 1.807) is 35.2 Å². The molecule has 1 N–H and O–H groups in total. The number of carbonyl (C=O) groups is 1. The second kappa shape index (κ2) is 6.46. The second-order valence-corrected chi connectivity index (χ2v) is 8.84. The molecule has 1 amide bonds. The summed E-state index contributed by atoms with van der Waals surface area (Å²) in [5.74, 6) is -0.0367. The molecule has 2 aromatic rings. The van der Waals surface area contributed by atoms with E-state index in [1.807, 2.05) is 19.9 Å². The maximum atomic E-state index is 12.7. The Bertz CT molecular complexity index is 957. The Labute approximate surface area is 156 Å². The number of hydrogen-bond acceptors (Lipinski definition) is 3. The summed E-state index contributed by atoms with van der Waals surface area (Å²) in [5.41, 5.74) is 3.12. The average molecular weight is 423 g/mol. The molecule has 0 saturated carbocycles. The van der Waals surface area contributed by atoms with Crippen molar-refractivity contribution >= 4 is 43.2 Å². The number of benzene rings is 2. The van der Waals surface area contributed by atoms with Crippen molar-refractivity contribution in [2.75, 3.05) is 9.62 Å². The van der Waals surface area contributed by atoms with Crippen LogP contribution in [-0.2, 0) is 21.2 Å². The molecule has 0 aromatic heterocycles. The Morgan fingerprint density at radius 3 is 2.60 bits per heavy atom. The predicted molar refractivity (Wildman–Crippen MR) is 102 cm³/mol. The Kier molecular flexibility index (Phi) is 4.64. The first kappa shape index (κ1) is 17.9. The molecule has 7 heteroatoms. The normalized spacial score (nSPS) is 16.6. The number of amides is 1. The molecule has 0 radical (unpaired) electrons. The lowest BCUT2D eigenvalue weighted by atomic mass is 10.1. The van der Waals surface area contributed by atoms with Crippen molar-refractivity contribution < 1.29 is 13.2 Å². The number of fused-ring (bicyclic) bond motifs is 1. The smallest absolute Gasteiger partial charge is 0.261 e. The van der Waals surface area contributed by atoms with Crippen LogP contribution in [0, 0.1) is 6.92 Å². The standard InChI is InChI=1S/C18H19BrN2O3S/c1-11-8-15(4-6-17(11)19)20-25(23,24)16-5-7-18-14(10-16)9-12(2)21(18)13(3)22/h4-8,10,12,20H,9H2,1-3H3/t12-/m1/s1. The molecule has 0 spiro atoms. The molecule has 1 atom stereocenters. The summed E-state index contributed by atoms with van der Waals surface area (Å²) in [6.45, 7) is 5.38. The van der Waals surface area contributed by atoms with Gasteiger partial charge in [-0.2, -0.15) is 0 Å². The van der Waals surface area contributed by atoms with Crippen LogP contribution in [0.25, 0.3) is 0 Å². The van der Waals surface area contributed by atoms with Crippen LogP contribution in [0.4, 0.5) is 11.4 Å². The lowest BCUT2D eigenvalue weighted by Gasteiger charge is -2.20. The van der Waals surface area contributed by atoms with Crippen molar-refractivity contribution in [2.45, 2.75) is 38.1 Å². The fraction of sp³-hybridized carbons (Fsp3) is 0.278. The zero-order chi connectivity index (χ0) is 18.4. The number of nitrogens with one attached hydrogen (secondary N) is 1. The van der Waals surface area contributed by atoms with E-state index in [-0.39, 0.29) is 16.8 Å². The zero-order valence-corrected chi connectivity index (χ0v) is 16.6. The summed E-state index contributed by atoms with van der Waals surface area (Å²) in [6, 6.07) is 10.2. The molecule has 1 heterocycles. The van der Waals surface area contributed by atoms with Gasteiger partial charge in [0.2, 0.25) is 5.91 Å². The van der Waals surface area contributed by atoms with Crippen LogP contribution in [0.1, 0.15) is 25.0 Å². The molecular weight excluding hydrogens is 404 g/mol. The van der Waals surface area contributed by atoms with Crippen molar-refractivity contribution in [1.29, 1.82) is 0 Å². The van der Waals surface area contributed by atoms with Gasteiger partial charge in [-0.1, -0.05) is 15.9 Å². The van der Waals surface area contributed by atoms with E-state index in [4.69, 9.17) is 0 Å². The quantitative estimate of drug-likeness (QED) is 0.816. The van der Waals surface area contributed by atoms with Gasteiger partial charge in [0, 0.05) is 28.8 Å². The van der Waals surface area contributed by atoms with Crippen molar-refractivity contribution in [3.8, 4) is 0 Å². The third-order valence-corrected chi connectivity index (χ3v) is 6.60. The van der Waals surface area contributed by atoms with Crippen LogP contribution in [0.2, 0.25) is 0 Å². The van der Waals surface area contributed by atoms with Gasteiger partial charge in [-0.05, 0) is 67.8 Å². The van der Waals surface area contributed by atoms with E-state index in [2.05, 4.69) is 20.7 Å². The molecule has 1 aliphatic heterocycles. The maximum Gasteiger partial charge on any atom is 0.261 e. The lowest BCUT2D eigenvalue weighted by molar-refractivity contribution is -0.116. The largest absolute Gasteiger partial charge is 0.309 e. The number of hydrogen-bond donors (Lipinski definition) is 1. The molecule has 132 valence electrons. The number of nitrogens with zero attached hydrogens (tertiary/aromatic N) is 1. The van der Waals surface area contributed by atoms with Gasteiger partial charge >= 0.3 is 0 Å². The third kappa shape index (κ3) is 3.43. The minimum atomic E-state index is -3.69. The Balaban J connectivity index is 1.93. The van der Waals surface area contributed by atoms with Crippen LogP contribution in [0.5, 0.6) is 0 Å². The van der Waals surface area contributed by atoms with E-state index in [9.17, 15) is 13.2 Å². The zero-order valence-electron chi connectivity index (χ0n) is 14.2. The van der Waals surface area contributed by atoms with Gasteiger partial charge in [-0.25, -0.2) is 8.42 Å². The minimum Gasteiger partial charge on any atom is -0.309 e. The molecular formula is C18H19BrN2O3S. The van der Waals surface area contributed by atoms with Crippen molar-refractivity contribution in [2.24, 2.45) is 0 Å². The van der Waals surface area contributed by atoms with Crippen LogP contribution < -0.4 is 9.62 Å². The number of rotatable bonds is 3. The maximum absolute atomic E-state index is 12.7. The first-order valence-electron chi connectivity index (χ1n) is 7.91. The fourth-order valence-electron chi connectivity index (χ4n) is 3.18. The molecule has 0 aliphatic carbocycles. The highest BCUT2D eigenvalue weighted by atomic mass is 79.9. The molecule has 0 unspecified atom stereocenters. The van der Waals surface area contributed by atoms with Gasteiger partial charge in [0.15, 0.2) is 0 Å². The number of anilines is 2. The monoisotopic (exact) mass is 422 g/mol. The summed E-state index contributed by atoms with van der Waals surface area (Å²) in [5, 5.41) is 0. The highest BCUT2D eigenvalue weighted by Gasteiger charge is 2.30. The summed E-state index contributed by atoms with van der Waals surface area (Å²) in [7, 11) is -3.69. The van der Waals surface area contributed by atoms with Gasteiger partial charge < -0.3 is 4.90 Å². The molecule has 0 bridgehead atoms. The van der Waals surface area contributed by atoms with Crippen LogP contribution in [-0.4, -0.2) is 20.4 Å². The molecule has 0 saturated heterocycles. The van der Waals surface area contributed by atoms with Crippen LogP contribution in [0.15, 0.2) is 45.8 Å². The molecule has 2 aromatic carbocycles. The predicted octanol–water partition coefficient (Wildman–Crippen LogP) is 3.86. The van der Waals surface area contributed by atoms with E-state index in [1.165, 1.54) is 6.92 Å². The van der Waals surface area contributed by atoms with E-state index >= 15 is 0 Å². The first-order valence-corrected chi connectivity index (χ1v) is 10.2. The molecule has 1 aliphatic rings. The number of aryl methyl sites for hydroxylation is 1. The van der Waals surface area contributed by atoms with Gasteiger partial charge in [-0.3, -0.25) is 9.52 Å². The van der Waals surface area contributed by atoms with Crippen molar-refractivity contribution in [1.82, 2.24) is 0 Å². The number of carbonyl (C=O) groups excluding carboxylic acids is 1. The van der Waals surface area contributed by atoms with Crippen molar-refractivity contribution in [3.63, 3.8) is 0 Å². The molecule has 0 fully saturated rings. The van der Waals surface area contributed by atoms with E-state index in [0.717, 1.165) is 21.3 Å². The molecule has 5 nitrogen and oxygen atoms in total. The van der Waals surface area contributed by atoms with Crippen molar-refractivity contribution in [3.05, 3.63) is 52.0 Å².